The van der Waals surface area contributed by atoms with Crippen molar-refractivity contribution in [2.45, 2.75) is 72.5 Å². The lowest BCUT2D eigenvalue weighted by molar-refractivity contribution is 0.0516. The number of nitrogens with zero attached hydrogens (tertiary/aromatic N) is 1. The van der Waals surface area contributed by atoms with Crippen LogP contribution in [0.15, 0.2) is 22.7 Å². The maximum atomic E-state index is 14.2. The summed E-state index contributed by atoms with van der Waals surface area (Å²) in [7, 11) is 0. The molecule has 1 heterocycles. The van der Waals surface area contributed by atoms with Crippen molar-refractivity contribution in [1.82, 2.24) is 21.1 Å². The van der Waals surface area contributed by atoms with Gasteiger partial charge in [0.05, 0.1) is 10.6 Å². The average Bonchev–Trinajstić information content (AvgIpc) is 3.18. The Labute approximate surface area is 239 Å². The van der Waals surface area contributed by atoms with Gasteiger partial charge in [-0.25, -0.2) is 14.0 Å². The van der Waals surface area contributed by atoms with Gasteiger partial charge in [0.25, 0.3) is 5.91 Å². The summed E-state index contributed by atoms with van der Waals surface area (Å²) in [6, 6.07) is 4.20. The van der Waals surface area contributed by atoms with Crippen LogP contribution in [-0.4, -0.2) is 60.6 Å². The van der Waals surface area contributed by atoms with Crippen LogP contribution in [0.25, 0.3) is 11.3 Å². The minimum Gasteiger partial charge on any atom is -0.444 e. The first kappa shape index (κ1) is 34.6. The lowest BCUT2D eigenvalue weighted by atomic mass is 10.0. The van der Waals surface area contributed by atoms with Gasteiger partial charge in [0.1, 0.15) is 34.0 Å². The molecule has 0 saturated carbocycles. The molecule has 0 aliphatic heterocycles. The van der Waals surface area contributed by atoms with E-state index in [-0.39, 0.29) is 40.2 Å². The number of benzene rings is 1. The summed E-state index contributed by atoms with van der Waals surface area (Å²) in [5.74, 6) is -0.819. The van der Waals surface area contributed by atoms with Crippen molar-refractivity contribution in [1.29, 1.82) is 0 Å². The predicted octanol–water partition coefficient (Wildman–Crippen LogP) is 4.95. The number of hydrogen-bond acceptors (Lipinski definition) is 8. The Bertz CT molecular complexity index is 1110. The number of rotatable bonds is 9. The third kappa shape index (κ3) is 13.1. The van der Waals surface area contributed by atoms with Crippen molar-refractivity contribution >= 4 is 29.7 Å². The zero-order valence-electron chi connectivity index (χ0n) is 24.2. The van der Waals surface area contributed by atoms with Crippen molar-refractivity contribution in [2.75, 3.05) is 26.2 Å². The van der Waals surface area contributed by atoms with E-state index in [4.69, 9.17) is 31.3 Å². The van der Waals surface area contributed by atoms with Crippen molar-refractivity contribution in [2.24, 2.45) is 5.73 Å². The highest BCUT2D eigenvalue weighted by molar-refractivity contribution is 6.33. The number of carbonyl (C=O) groups excluding carboxylic acids is 3. The number of nitrogens with two attached hydrogens (primary N) is 1. The number of halogens is 2. The molecule has 40 heavy (non-hydrogen) atoms. The molecule has 2 rings (SSSR count). The molecular weight excluding hydrogens is 545 g/mol. The van der Waals surface area contributed by atoms with Crippen LogP contribution in [0.4, 0.5) is 14.0 Å². The third-order valence-electron chi connectivity index (χ3n) is 4.65. The molecule has 0 aliphatic carbocycles. The van der Waals surface area contributed by atoms with Gasteiger partial charge in [0.15, 0.2) is 0 Å². The highest BCUT2D eigenvalue weighted by Crippen LogP contribution is 2.33. The first-order valence-corrected chi connectivity index (χ1v) is 13.3. The van der Waals surface area contributed by atoms with Crippen molar-refractivity contribution in [3.63, 3.8) is 0 Å². The van der Waals surface area contributed by atoms with Gasteiger partial charge in [-0.1, -0.05) is 22.8 Å². The van der Waals surface area contributed by atoms with Crippen LogP contribution >= 0.6 is 11.6 Å². The fourth-order valence-electron chi connectivity index (χ4n) is 3.02. The van der Waals surface area contributed by atoms with E-state index in [0.29, 0.717) is 26.1 Å². The van der Waals surface area contributed by atoms with Gasteiger partial charge in [-0.15, -0.1) is 0 Å². The van der Waals surface area contributed by atoms with Crippen LogP contribution in [-0.2, 0) is 9.47 Å². The Hall–Kier alpha value is -3.38. The standard InChI is InChI=1S/C19H23ClFN3O4.C8H18N2O2/c1-11-14(16(24-28-11)15-12(20)7-5-8-13(15)21)17(25)22-9-6-10-23-18(26)27-19(2,3)4;1-8(2,3)12-7(11)10-6-4-5-9/h5,7-8H,6,9-10H2,1-4H3,(H,22,25)(H,23,26);4-6,9H2,1-3H3,(H,10,11). The molecule has 5 N–H and O–H groups in total. The molecular formula is C27H41ClFN5O6. The highest BCUT2D eigenvalue weighted by Gasteiger charge is 2.25. The maximum absolute atomic E-state index is 14.2. The fourth-order valence-corrected chi connectivity index (χ4v) is 3.28. The second kappa shape index (κ2) is 16.0. The molecule has 1 aromatic heterocycles. The van der Waals surface area contributed by atoms with Gasteiger partial charge in [-0.3, -0.25) is 4.79 Å². The maximum Gasteiger partial charge on any atom is 0.407 e. The van der Waals surface area contributed by atoms with Crippen molar-refractivity contribution in [3.05, 3.63) is 40.4 Å². The zero-order chi connectivity index (χ0) is 30.5. The predicted molar refractivity (Wildman–Crippen MR) is 151 cm³/mol. The van der Waals surface area contributed by atoms with E-state index in [1.54, 1.807) is 27.7 Å². The fraction of sp³-hybridized carbons (Fsp3) is 0.556. The SMILES string of the molecule is CC(C)(C)OC(=O)NCCCN.Cc1onc(-c2c(F)cccc2Cl)c1C(=O)NCCCNC(=O)OC(C)(C)C. The highest BCUT2D eigenvalue weighted by atomic mass is 35.5. The van der Waals surface area contributed by atoms with Crippen LogP contribution in [0, 0.1) is 12.7 Å². The molecule has 0 fully saturated rings. The van der Waals surface area contributed by atoms with Crippen LogP contribution in [0.1, 0.15) is 70.5 Å². The van der Waals surface area contributed by atoms with E-state index in [0.717, 1.165) is 6.42 Å². The lowest BCUT2D eigenvalue weighted by Gasteiger charge is -2.19. The van der Waals surface area contributed by atoms with E-state index in [9.17, 15) is 18.8 Å². The topological polar surface area (TPSA) is 158 Å². The first-order valence-electron chi connectivity index (χ1n) is 12.9. The molecule has 224 valence electrons. The number of aromatic nitrogens is 1. The Morgan fingerprint density at radius 1 is 0.950 bits per heavy atom. The number of hydrogen-bond donors (Lipinski definition) is 4. The Balaban J connectivity index is 0.000000562. The van der Waals surface area contributed by atoms with Gasteiger partial charge in [0, 0.05) is 19.6 Å². The molecule has 3 amide bonds. The zero-order valence-corrected chi connectivity index (χ0v) is 25.0. The molecule has 13 heteroatoms. The summed E-state index contributed by atoms with van der Waals surface area (Å²) in [5.41, 5.74) is 4.43. The normalized spacial score (nSPS) is 11.2. The molecule has 0 bridgehead atoms. The van der Waals surface area contributed by atoms with E-state index >= 15 is 0 Å². The lowest BCUT2D eigenvalue weighted by Crippen LogP contribution is -2.34. The number of carbonyl (C=O) groups is 3. The van der Waals surface area contributed by atoms with Gasteiger partial charge in [0.2, 0.25) is 0 Å². The van der Waals surface area contributed by atoms with Crippen molar-refractivity contribution < 1.29 is 32.8 Å². The first-order chi connectivity index (χ1) is 18.6. The summed E-state index contributed by atoms with van der Waals surface area (Å²) >= 11 is 6.07. The third-order valence-corrected chi connectivity index (χ3v) is 4.96. The smallest absolute Gasteiger partial charge is 0.407 e. The molecule has 11 nitrogen and oxygen atoms in total. The number of ether oxygens (including phenoxy) is 2. The van der Waals surface area contributed by atoms with Gasteiger partial charge in [-0.05, 0) is 80.0 Å². The van der Waals surface area contributed by atoms with Crippen LogP contribution in [0.2, 0.25) is 5.02 Å². The number of alkyl carbamates (subject to hydrolysis) is 2. The molecule has 0 atom stereocenters. The average molecular weight is 586 g/mol. The van der Waals surface area contributed by atoms with E-state index < -0.39 is 29.0 Å². The van der Waals surface area contributed by atoms with Crippen LogP contribution in [0.3, 0.4) is 0 Å². The summed E-state index contributed by atoms with van der Waals surface area (Å²) in [5, 5.41) is 11.8. The molecule has 0 aliphatic rings. The van der Waals surface area contributed by atoms with Crippen LogP contribution < -0.4 is 21.7 Å². The minimum absolute atomic E-state index is 0.0118. The van der Waals surface area contributed by atoms with E-state index in [1.165, 1.54) is 18.2 Å². The minimum atomic E-state index is -0.601. The quantitative estimate of drug-likeness (QED) is 0.301. The van der Waals surface area contributed by atoms with Crippen molar-refractivity contribution in [3.8, 4) is 11.3 Å². The van der Waals surface area contributed by atoms with E-state index in [2.05, 4.69) is 21.1 Å². The largest absolute Gasteiger partial charge is 0.444 e. The summed E-state index contributed by atoms with van der Waals surface area (Å²) < 4.78 is 29.4. The summed E-state index contributed by atoms with van der Waals surface area (Å²) in [6.45, 7) is 14.1. The number of amides is 3. The number of aryl methyl sites for hydroxylation is 1. The Morgan fingerprint density at radius 3 is 1.98 bits per heavy atom. The second-order valence-electron chi connectivity index (χ2n) is 10.7. The van der Waals surface area contributed by atoms with E-state index in [1.807, 2.05) is 20.8 Å². The van der Waals surface area contributed by atoms with Gasteiger partial charge >= 0.3 is 12.2 Å². The molecule has 1 aromatic carbocycles. The number of nitrogens with one attached hydrogen (secondary N) is 3. The van der Waals surface area contributed by atoms with Gasteiger partial charge < -0.3 is 35.7 Å². The Kier molecular flexibility index (Phi) is 13.9. The molecule has 2 aromatic rings. The van der Waals surface area contributed by atoms with Gasteiger partial charge in [-0.2, -0.15) is 0 Å². The molecule has 0 radical (unpaired) electrons. The molecule has 0 unspecified atom stereocenters. The Morgan fingerprint density at radius 2 is 1.48 bits per heavy atom. The summed E-state index contributed by atoms with van der Waals surface area (Å²) in [4.78, 5) is 35.1. The second-order valence-corrected chi connectivity index (χ2v) is 11.1. The monoisotopic (exact) mass is 585 g/mol. The molecule has 0 spiro atoms. The summed E-state index contributed by atoms with van der Waals surface area (Å²) in [6.07, 6.45) is 0.353. The molecule has 0 saturated heterocycles. The van der Waals surface area contributed by atoms with Crippen LogP contribution in [0.5, 0.6) is 0 Å².